The van der Waals surface area contributed by atoms with Crippen LogP contribution in [0, 0.1) is 0 Å². The average Bonchev–Trinajstić information content (AvgIpc) is 2.27. The lowest BCUT2D eigenvalue weighted by Crippen LogP contribution is -2.16. The van der Waals surface area contributed by atoms with Gasteiger partial charge in [-0.05, 0) is 52.9 Å². The molecule has 0 aromatic heterocycles. The van der Waals surface area contributed by atoms with Gasteiger partial charge in [0.2, 0.25) is 0 Å². The Kier molecular flexibility index (Phi) is 2.13. The predicted octanol–water partition coefficient (Wildman–Crippen LogP) is 2.33. The van der Waals surface area contributed by atoms with Crippen molar-refractivity contribution < 1.29 is 19.8 Å². The second-order valence-electron chi connectivity index (χ2n) is 4.43. The fourth-order valence-electron chi connectivity index (χ4n) is 2.49. The normalized spacial score (nSPS) is 12.9. The molecule has 0 saturated heterocycles. The molecular formula is C14H10O4. The summed E-state index contributed by atoms with van der Waals surface area (Å²) in [6.07, 6.45) is 1.65. The van der Waals surface area contributed by atoms with Crippen molar-refractivity contribution in [2.45, 2.75) is 12.8 Å². The van der Waals surface area contributed by atoms with Crippen LogP contribution in [0.3, 0.4) is 0 Å². The minimum Gasteiger partial charge on any atom is -0.478 e. The van der Waals surface area contributed by atoms with E-state index in [2.05, 4.69) is 0 Å². The fourth-order valence-corrected chi connectivity index (χ4v) is 2.49. The molecule has 3 rings (SSSR count). The molecule has 0 amide bonds. The first kappa shape index (κ1) is 10.8. The Balaban J connectivity index is 2.33. The van der Waals surface area contributed by atoms with Gasteiger partial charge < -0.3 is 10.2 Å². The zero-order valence-electron chi connectivity index (χ0n) is 9.43. The van der Waals surface area contributed by atoms with Crippen LogP contribution in [0.25, 0.3) is 10.8 Å². The minimum atomic E-state index is -1.00. The Labute approximate surface area is 102 Å². The molecule has 0 fully saturated rings. The summed E-state index contributed by atoms with van der Waals surface area (Å²) in [4.78, 5) is 22.1. The van der Waals surface area contributed by atoms with Gasteiger partial charge in [0.05, 0.1) is 11.1 Å². The summed E-state index contributed by atoms with van der Waals surface area (Å²) < 4.78 is 0. The summed E-state index contributed by atoms with van der Waals surface area (Å²) in [5.74, 6) is -1.95. The largest absolute Gasteiger partial charge is 0.478 e. The van der Waals surface area contributed by atoms with Gasteiger partial charge in [0.1, 0.15) is 0 Å². The number of hydrogen-bond donors (Lipinski definition) is 2. The first-order valence-electron chi connectivity index (χ1n) is 5.63. The van der Waals surface area contributed by atoms with E-state index in [0.717, 1.165) is 29.4 Å². The van der Waals surface area contributed by atoms with Gasteiger partial charge in [-0.1, -0.05) is 6.07 Å². The highest BCUT2D eigenvalue weighted by molar-refractivity contribution is 6.01. The number of carboxylic acids is 2. The second-order valence-corrected chi connectivity index (χ2v) is 4.43. The van der Waals surface area contributed by atoms with E-state index in [1.165, 1.54) is 6.07 Å². The van der Waals surface area contributed by atoms with Crippen LogP contribution < -0.4 is 0 Å². The third kappa shape index (κ3) is 1.39. The molecule has 4 nitrogen and oxygen atoms in total. The van der Waals surface area contributed by atoms with Gasteiger partial charge in [-0.15, -0.1) is 0 Å². The SMILES string of the molecule is O=C(O)c1ccc2c3c(c(C(=O)O)cc2c1)CC3. The van der Waals surface area contributed by atoms with Crippen molar-refractivity contribution >= 4 is 22.7 Å². The highest BCUT2D eigenvalue weighted by Crippen LogP contribution is 2.34. The molecule has 2 aromatic rings. The molecule has 2 N–H and O–H groups in total. The summed E-state index contributed by atoms with van der Waals surface area (Å²) >= 11 is 0. The average molecular weight is 242 g/mol. The van der Waals surface area contributed by atoms with Gasteiger partial charge in [0, 0.05) is 0 Å². The van der Waals surface area contributed by atoms with Crippen LogP contribution in [0.1, 0.15) is 31.8 Å². The number of hydrogen-bond acceptors (Lipinski definition) is 2. The fraction of sp³-hybridized carbons (Fsp3) is 0.143. The number of carboxylic acid groups (broad SMARTS) is 2. The highest BCUT2D eigenvalue weighted by Gasteiger charge is 2.24. The van der Waals surface area contributed by atoms with E-state index in [1.807, 2.05) is 0 Å². The highest BCUT2D eigenvalue weighted by atomic mass is 16.4. The van der Waals surface area contributed by atoms with E-state index in [9.17, 15) is 9.59 Å². The van der Waals surface area contributed by atoms with Crippen LogP contribution in [0.5, 0.6) is 0 Å². The molecule has 0 saturated carbocycles. The van der Waals surface area contributed by atoms with E-state index < -0.39 is 11.9 Å². The van der Waals surface area contributed by atoms with Gasteiger partial charge in [-0.3, -0.25) is 0 Å². The second kappa shape index (κ2) is 3.57. The molecule has 4 heteroatoms. The smallest absolute Gasteiger partial charge is 0.335 e. The van der Waals surface area contributed by atoms with Crippen molar-refractivity contribution in [2.75, 3.05) is 0 Å². The molecule has 0 heterocycles. The van der Waals surface area contributed by atoms with Gasteiger partial charge in [-0.25, -0.2) is 9.59 Å². The van der Waals surface area contributed by atoms with Gasteiger partial charge in [0.15, 0.2) is 0 Å². The molecule has 0 spiro atoms. The van der Waals surface area contributed by atoms with Crippen LogP contribution in [-0.2, 0) is 12.8 Å². The van der Waals surface area contributed by atoms with E-state index in [4.69, 9.17) is 10.2 Å². The van der Waals surface area contributed by atoms with E-state index in [0.29, 0.717) is 10.9 Å². The number of fused-ring (bicyclic) bond motifs is 3. The van der Waals surface area contributed by atoms with Crippen molar-refractivity contribution in [3.8, 4) is 0 Å². The summed E-state index contributed by atoms with van der Waals surface area (Å²) in [6.45, 7) is 0. The van der Waals surface area contributed by atoms with Crippen LogP contribution in [0.2, 0.25) is 0 Å². The van der Waals surface area contributed by atoms with Crippen molar-refractivity contribution in [2.24, 2.45) is 0 Å². The summed E-state index contributed by atoms with van der Waals surface area (Å²) in [5, 5.41) is 19.7. The number of rotatable bonds is 2. The topological polar surface area (TPSA) is 74.6 Å². The van der Waals surface area contributed by atoms with Crippen LogP contribution in [-0.4, -0.2) is 22.2 Å². The zero-order chi connectivity index (χ0) is 12.9. The Morgan fingerprint density at radius 3 is 2.22 bits per heavy atom. The van der Waals surface area contributed by atoms with E-state index in [1.54, 1.807) is 18.2 Å². The monoisotopic (exact) mass is 242 g/mol. The zero-order valence-corrected chi connectivity index (χ0v) is 9.43. The maximum absolute atomic E-state index is 11.2. The quantitative estimate of drug-likeness (QED) is 0.847. The molecule has 1 aliphatic carbocycles. The van der Waals surface area contributed by atoms with Crippen molar-refractivity contribution in [1.29, 1.82) is 0 Å². The van der Waals surface area contributed by atoms with Crippen molar-refractivity contribution in [3.05, 3.63) is 46.5 Å². The third-order valence-corrected chi connectivity index (χ3v) is 3.47. The first-order valence-corrected chi connectivity index (χ1v) is 5.63. The standard InChI is InChI=1S/C14H10O4/c15-13(16)7-1-2-9-8(5-7)6-12(14(17)18)11-4-3-10(9)11/h1-2,5-6H,3-4H2,(H,15,16)(H,17,18). The number of aromatic carboxylic acids is 2. The lowest BCUT2D eigenvalue weighted by molar-refractivity contribution is 0.0686. The summed E-state index contributed by atoms with van der Waals surface area (Å²) in [5.41, 5.74) is 2.41. The van der Waals surface area contributed by atoms with Gasteiger partial charge in [0.25, 0.3) is 0 Å². The molecular weight excluding hydrogens is 232 g/mol. The Morgan fingerprint density at radius 2 is 1.67 bits per heavy atom. The summed E-state index contributed by atoms with van der Waals surface area (Å²) in [7, 11) is 0. The maximum atomic E-state index is 11.2. The maximum Gasteiger partial charge on any atom is 0.335 e. The molecule has 1 aliphatic rings. The first-order chi connectivity index (χ1) is 8.58. The van der Waals surface area contributed by atoms with Crippen LogP contribution >= 0.6 is 0 Å². The number of aryl methyl sites for hydroxylation is 1. The molecule has 0 bridgehead atoms. The number of carbonyl (C=O) groups is 2. The predicted molar refractivity (Wildman–Crippen MR) is 65.3 cm³/mol. The Hall–Kier alpha value is -2.36. The van der Waals surface area contributed by atoms with E-state index >= 15 is 0 Å². The van der Waals surface area contributed by atoms with E-state index in [-0.39, 0.29) is 5.56 Å². The Bertz CT molecular complexity index is 700. The lowest BCUT2D eigenvalue weighted by Gasteiger charge is -2.23. The minimum absolute atomic E-state index is 0.179. The van der Waals surface area contributed by atoms with Crippen LogP contribution in [0.4, 0.5) is 0 Å². The van der Waals surface area contributed by atoms with Gasteiger partial charge in [-0.2, -0.15) is 0 Å². The Morgan fingerprint density at radius 1 is 0.944 bits per heavy atom. The molecule has 90 valence electrons. The number of benzene rings is 2. The van der Waals surface area contributed by atoms with Crippen molar-refractivity contribution in [3.63, 3.8) is 0 Å². The van der Waals surface area contributed by atoms with Crippen molar-refractivity contribution in [1.82, 2.24) is 0 Å². The molecule has 0 aliphatic heterocycles. The lowest BCUT2D eigenvalue weighted by atomic mass is 9.80. The summed E-state index contributed by atoms with van der Waals surface area (Å²) in [6, 6.07) is 6.43. The molecule has 18 heavy (non-hydrogen) atoms. The van der Waals surface area contributed by atoms with Gasteiger partial charge >= 0.3 is 11.9 Å². The van der Waals surface area contributed by atoms with Crippen LogP contribution in [0.15, 0.2) is 24.3 Å². The molecule has 0 radical (unpaired) electrons. The molecule has 0 unspecified atom stereocenters. The molecule has 0 atom stereocenters. The molecule has 2 aromatic carbocycles. The third-order valence-electron chi connectivity index (χ3n) is 3.47.